The summed E-state index contributed by atoms with van der Waals surface area (Å²) in [7, 11) is 0. The van der Waals surface area contributed by atoms with Crippen LogP contribution in [-0.2, 0) is 0 Å². The number of allylic oxidation sites excluding steroid dienone is 5. The molecule has 1 unspecified atom stereocenters. The Morgan fingerprint density at radius 3 is 2.18 bits per heavy atom. The van der Waals surface area contributed by atoms with E-state index in [0.717, 1.165) is 11.4 Å². The minimum Gasteiger partial charge on any atom is -0.0836 e. The molecule has 4 aromatic carbocycles. The molecule has 1 atom stereocenters. The molecule has 160 valence electrons. The van der Waals surface area contributed by atoms with Crippen molar-refractivity contribution in [3.63, 3.8) is 0 Å². The van der Waals surface area contributed by atoms with Crippen molar-refractivity contribution in [2.75, 3.05) is 0 Å². The number of rotatable bonds is 2. The van der Waals surface area contributed by atoms with Crippen molar-refractivity contribution < 1.29 is 11.6 Å². The van der Waals surface area contributed by atoms with E-state index in [1.807, 2.05) is 0 Å². The zero-order valence-electron chi connectivity index (χ0n) is 18.9. The highest BCUT2D eigenvalue weighted by molar-refractivity contribution is 6.08. The second-order valence-electron chi connectivity index (χ2n) is 9.26. The van der Waals surface area contributed by atoms with Crippen LogP contribution in [0.4, 0.5) is 0 Å². The summed E-state index contributed by atoms with van der Waals surface area (Å²) >= 11 is 5.63. The standard InChI is InChI=1S/C32H26Cl/c1-20-7-11-22(12-8-20)28-19-32-30-17-24(33)15-16-27(30)29(23-13-9-21(2)10-14-23)18-31(32)26-6-4-3-5-25(26)28/h3-5,7-19,26,33H,6H2,1-2H3/q+1. The number of benzene rings is 4. The molecule has 33 heavy (non-hydrogen) atoms. The molecule has 0 amide bonds. The van der Waals surface area contributed by atoms with Crippen molar-refractivity contribution in [3.05, 3.63) is 129 Å². The van der Waals surface area contributed by atoms with Crippen LogP contribution >= 0.6 is 0 Å². The fourth-order valence-corrected chi connectivity index (χ4v) is 5.47. The monoisotopic (exact) mass is 445 g/mol. The van der Waals surface area contributed by atoms with Crippen LogP contribution in [0.25, 0.3) is 33.5 Å². The molecule has 6 rings (SSSR count). The van der Waals surface area contributed by atoms with Gasteiger partial charge in [0.15, 0.2) is 11.6 Å². The van der Waals surface area contributed by atoms with Crippen molar-refractivity contribution in [1.82, 2.24) is 0 Å². The topological polar surface area (TPSA) is 0 Å². The Morgan fingerprint density at radius 2 is 1.45 bits per heavy atom. The van der Waals surface area contributed by atoms with Gasteiger partial charge in [-0.25, -0.2) is 0 Å². The largest absolute Gasteiger partial charge is 0.226 e. The normalized spacial score (nSPS) is 16.8. The molecule has 0 aliphatic heterocycles. The van der Waals surface area contributed by atoms with Crippen LogP contribution in [0, 0.1) is 25.4 Å². The minimum atomic E-state index is 0.355. The Kier molecular flexibility index (Phi) is 4.85. The number of hydrogen-bond acceptors (Lipinski definition) is 0. The van der Waals surface area contributed by atoms with E-state index in [-0.39, 0.29) is 0 Å². The predicted molar refractivity (Wildman–Crippen MR) is 138 cm³/mol. The van der Waals surface area contributed by atoms with Gasteiger partial charge in [-0.3, -0.25) is 0 Å². The van der Waals surface area contributed by atoms with Crippen LogP contribution in [0.1, 0.15) is 40.2 Å². The molecule has 2 aliphatic rings. The zero-order chi connectivity index (χ0) is 22.5. The fourth-order valence-electron chi connectivity index (χ4n) is 5.28. The van der Waals surface area contributed by atoms with E-state index < -0.39 is 0 Å². The maximum atomic E-state index is 5.63. The van der Waals surface area contributed by atoms with Crippen molar-refractivity contribution in [2.24, 2.45) is 0 Å². The van der Waals surface area contributed by atoms with E-state index in [1.54, 1.807) is 0 Å². The lowest BCUT2D eigenvalue weighted by molar-refractivity contribution is -0.288. The zero-order valence-corrected chi connectivity index (χ0v) is 19.7. The molecule has 0 nitrogen and oxygen atoms in total. The average molecular weight is 446 g/mol. The predicted octanol–water partition coefficient (Wildman–Crippen LogP) is 8.34. The van der Waals surface area contributed by atoms with E-state index in [1.165, 1.54) is 60.9 Å². The third-order valence-electron chi connectivity index (χ3n) is 7.04. The fraction of sp³-hybridized carbons (Fsp3) is 0.125. The summed E-state index contributed by atoms with van der Waals surface area (Å²) < 4.78 is 0. The first-order chi connectivity index (χ1) is 16.1. The third kappa shape index (κ3) is 3.46. The van der Waals surface area contributed by atoms with Crippen molar-refractivity contribution in [3.8, 4) is 11.1 Å². The molecule has 1 heteroatoms. The van der Waals surface area contributed by atoms with Gasteiger partial charge in [-0.15, -0.1) is 0 Å². The van der Waals surface area contributed by atoms with Crippen LogP contribution in [-0.4, -0.2) is 0 Å². The number of halogens is 1. The summed E-state index contributed by atoms with van der Waals surface area (Å²) in [6.45, 7) is 4.28. The lowest BCUT2D eigenvalue weighted by Crippen LogP contribution is -2.13. The van der Waals surface area contributed by atoms with Gasteiger partial charge in [0.25, 0.3) is 0 Å². The molecule has 0 saturated carbocycles. The Balaban J connectivity index is 1.67. The second kappa shape index (κ2) is 7.90. The molecule has 0 saturated heterocycles. The molecule has 2 aliphatic carbocycles. The summed E-state index contributed by atoms with van der Waals surface area (Å²) in [5.41, 5.74) is 11.9. The van der Waals surface area contributed by atoms with E-state index in [2.05, 4.69) is 111 Å². The molecule has 0 N–H and O–H groups in total. The smallest absolute Gasteiger partial charge is 0.0836 e. The van der Waals surface area contributed by atoms with E-state index in [0.29, 0.717) is 5.92 Å². The van der Waals surface area contributed by atoms with E-state index >= 15 is 0 Å². The van der Waals surface area contributed by atoms with Crippen LogP contribution in [0.15, 0.2) is 96.6 Å². The Morgan fingerprint density at radius 1 is 0.758 bits per heavy atom. The second-order valence-corrected chi connectivity index (χ2v) is 9.73. The Labute approximate surface area is 200 Å². The summed E-state index contributed by atoms with van der Waals surface area (Å²) in [6.07, 6.45) is 10.2. The Hall–Kier alpha value is -3.35. The van der Waals surface area contributed by atoms with Gasteiger partial charge in [-0.05, 0) is 88.2 Å². The summed E-state index contributed by atoms with van der Waals surface area (Å²) in [5, 5.41) is 3.42. The van der Waals surface area contributed by atoms with Gasteiger partial charge in [0.2, 0.25) is 5.02 Å². The number of hydrogen-bond donors (Lipinski definition) is 0. The first kappa shape index (κ1) is 20.3. The molecule has 0 bridgehead atoms. The first-order valence-corrected chi connectivity index (χ1v) is 12.0. The number of aryl methyl sites for hydroxylation is 2. The van der Waals surface area contributed by atoms with Gasteiger partial charge in [0.05, 0.1) is 0 Å². The maximum absolute atomic E-state index is 5.63. The number of fused-ring (bicyclic) bond motifs is 5. The van der Waals surface area contributed by atoms with Crippen LogP contribution in [0.5, 0.6) is 0 Å². The van der Waals surface area contributed by atoms with Crippen LogP contribution < -0.4 is 0 Å². The molecule has 0 fully saturated rings. The van der Waals surface area contributed by atoms with Gasteiger partial charge in [-0.1, -0.05) is 77.9 Å². The van der Waals surface area contributed by atoms with Crippen LogP contribution in [0.3, 0.4) is 0 Å². The molecule has 0 aromatic heterocycles. The highest BCUT2D eigenvalue weighted by Crippen LogP contribution is 2.49. The van der Waals surface area contributed by atoms with Crippen LogP contribution in [0.2, 0.25) is 5.02 Å². The van der Waals surface area contributed by atoms with Gasteiger partial charge < -0.3 is 0 Å². The maximum Gasteiger partial charge on any atom is 0.226 e. The summed E-state index contributed by atoms with van der Waals surface area (Å²) in [4.78, 5) is 0. The van der Waals surface area contributed by atoms with Crippen molar-refractivity contribution in [1.29, 1.82) is 0 Å². The highest BCUT2D eigenvalue weighted by Gasteiger charge is 2.29. The SMILES string of the molecule is Cc1ccc(C2=Cc3c(cc(-c4ccc(C)cc4)c4ccc([ClH+])cc34)C3CC=CC=C23)cc1. The van der Waals surface area contributed by atoms with Gasteiger partial charge in [0.1, 0.15) is 0 Å². The Bertz CT molecular complexity index is 1480. The molecule has 4 aromatic rings. The highest BCUT2D eigenvalue weighted by atomic mass is 35.5. The van der Waals surface area contributed by atoms with Gasteiger partial charge >= 0.3 is 0 Å². The molecular weight excluding hydrogens is 420 g/mol. The van der Waals surface area contributed by atoms with Crippen molar-refractivity contribution >= 4 is 22.4 Å². The van der Waals surface area contributed by atoms with Gasteiger partial charge in [0, 0.05) is 18.1 Å². The lowest BCUT2D eigenvalue weighted by atomic mass is 9.72. The minimum absolute atomic E-state index is 0.355. The lowest BCUT2D eigenvalue weighted by Gasteiger charge is -2.32. The first-order valence-electron chi connectivity index (χ1n) is 11.6. The molecular formula is C32H26Cl+. The molecule has 0 radical (unpaired) electrons. The van der Waals surface area contributed by atoms with Gasteiger partial charge in [-0.2, -0.15) is 0 Å². The average Bonchev–Trinajstić information content (AvgIpc) is 2.84. The molecule has 0 spiro atoms. The van der Waals surface area contributed by atoms with E-state index in [9.17, 15) is 0 Å². The summed E-state index contributed by atoms with van der Waals surface area (Å²) in [5.74, 6) is 0.355. The van der Waals surface area contributed by atoms with Crippen molar-refractivity contribution in [2.45, 2.75) is 26.2 Å². The summed E-state index contributed by atoms with van der Waals surface area (Å²) in [6, 6.07) is 26.7. The third-order valence-corrected chi connectivity index (χ3v) is 7.30. The van der Waals surface area contributed by atoms with E-state index in [4.69, 9.17) is 11.6 Å². The quantitative estimate of drug-likeness (QED) is 0.291. The molecule has 0 heterocycles.